The molecule has 0 aliphatic heterocycles. The molecule has 0 spiro atoms. The summed E-state index contributed by atoms with van der Waals surface area (Å²) in [6, 6.07) is 0.313. The summed E-state index contributed by atoms with van der Waals surface area (Å²) in [6.07, 6.45) is 2.39. The summed E-state index contributed by atoms with van der Waals surface area (Å²) in [6.45, 7) is 12.7. The van der Waals surface area contributed by atoms with E-state index in [9.17, 15) is 4.79 Å². The van der Waals surface area contributed by atoms with Crippen LogP contribution in [0.4, 0.5) is 0 Å². The van der Waals surface area contributed by atoms with Crippen LogP contribution in [-0.4, -0.2) is 23.4 Å². The maximum Gasteiger partial charge on any atom is 0.246 e. The van der Waals surface area contributed by atoms with Gasteiger partial charge < -0.3 is 4.90 Å². The van der Waals surface area contributed by atoms with Gasteiger partial charge in [0, 0.05) is 12.6 Å². The minimum atomic E-state index is 0.0445. The van der Waals surface area contributed by atoms with Crippen molar-refractivity contribution in [1.82, 2.24) is 4.90 Å². The topological polar surface area (TPSA) is 20.3 Å². The van der Waals surface area contributed by atoms with E-state index in [0.717, 1.165) is 13.0 Å². The minimum Gasteiger partial charge on any atom is -0.336 e. The molecule has 76 valence electrons. The van der Waals surface area contributed by atoms with Gasteiger partial charge in [0.15, 0.2) is 0 Å². The van der Waals surface area contributed by atoms with Crippen LogP contribution < -0.4 is 0 Å². The largest absolute Gasteiger partial charge is 0.336 e. The minimum absolute atomic E-state index is 0.0445. The van der Waals surface area contributed by atoms with Crippen LogP contribution in [0.3, 0.4) is 0 Å². The summed E-state index contributed by atoms with van der Waals surface area (Å²) in [4.78, 5) is 13.3. The second kappa shape index (κ2) is 5.79. The summed E-state index contributed by atoms with van der Waals surface area (Å²) in [5, 5.41) is 0. The molecule has 2 nitrogen and oxygen atoms in total. The van der Waals surface area contributed by atoms with Gasteiger partial charge in [0.1, 0.15) is 0 Å². The van der Waals surface area contributed by atoms with Crippen LogP contribution in [0.25, 0.3) is 0 Å². The zero-order valence-corrected chi connectivity index (χ0v) is 9.21. The number of hydrogen-bond donors (Lipinski definition) is 0. The normalized spacial score (nSPS) is 12.7. The molecule has 0 saturated heterocycles. The summed E-state index contributed by atoms with van der Waals surface area (Å²) in [5.74, 6) is 0.556. The average molecular weight is 183 g/mol. The molecule has 0 heterocycles. The SMILES string of the molecule is C=CC(=O)N(CC(C)C)[C@@H](C)CC. The van der Waals surface area contributed by atoms with Crippen molar-refractivity contribution >= 4 is 5.91 Å². The van der Waals surface area contributed by atoms with Crippen LogP contribution in [0.15, 0.2) is 12.7 Å². The van der Waals surface area contributed by atoms with Gasteiger partial charge in [0.25, 0.3) is 0 Å². The van der Waals surface area contributed by atoms with Gasteiger partial charge in [-0.25, -0.2) is 0 Å². The molecule has 0 saturated carbocycles. The number of carbonyl (C=O) groups is 1. The van der Waals surface area contributed by atoms with Gasteiger partial charge in [-0.05, 0) is 25.3 Å². The molecular weight excluding hydrogens is 162 g/mol. The fourth-order valence-corrected chi connectivity index (χ4v) is 1.22. The Labute approximate surface area is 81.6 Å². The Bertz CT molecular complexity index is 175. The van der Waals surface area contributed by atoms with Gasteiger partial charge in [-0.15, -0.1) is 0 Å². The lowest BCUT2D eigenvalue weighted by Gasteiger charge is -2.29. The Morgan fingerprint density at radius 2 is 2.00 bits per heavy atom. The Hall–Kier alpha value is -0.790. The third kappa shape index (κ3) is 4.11. The van der Waals surface area contributed by atoms with Crippen molar-refractivity contribution in [2.45, 2.75) is 40.2 Å². The van der Waals surface area contributed by atoms with Crippen molar-refractivity contribution in [3.63, 3.8) is 0 Å². The number of hydrogen-bond acceptors (Lipinski definition) is 1. The first-order valence-electron chi connectivity index (χ1n) is 4.95. The van der Waals surface area contributed by atoms with E-state index in [-0.39, 0.29) is 5.91 Å². The molecule has 0 aliphatic carbocycles. The molecular formula is C11H21NO. The highest BCUT2D eigenvalue weighted by molar-refractivity contribution is 5.87. The molecule has 0 aliphatic rings. The van der Waals surface area contributed by atoms with Crippen molar-refractivity contribution in [2.75, 3.05) is 6.54 Å². The van der Waals surface area contributed by atoms with E-state index < -0.39 is 0 Å². The number of carbonyl (C=O) groups excluding carboxylic acids is 1. The maximum absolute atomic E-state index is 11.5. The van der Waals surface area contributed by atoms with E-state index in [4.69, 9.17) is 0 Å². The molecule has 1 atom stereocenters. The first-order chi connectivity index (χ1) is 6.02. The first kappa shape index (κ1) is 12.2. The van der Waals surface area contributed by atoms with E-state index in [2.05, 4.69) is 34.3 Å². The predicted molar refractivity (Wildman–Crippen MR) is 56.5 cm³/mol. The molecule has 0 aromatic carbocycles. The molecule has 1 amide bonds. The lowest BCUT2D eigenvalue weighted by atomic mass is 10.1. The van der Waals surface area contributed by atoms with Gasteiger partial charge in [-0.1, -0.05) is 27.4 Å². The van der Waals surface area contributed by atoms with Crippen molar-refractivity contribution in [3.05, 3.63) is 12.7 Å². The quantitative estimate of drug-likeness (QED) is 0.599. The smallest absolute Gasteiger partial charge is 0.246 e. The van der Waals surface area contributed by atoms with E-state index in [1.807, 2.05) is 4.90 Å². The van der Waals surface area contributed by atoms with Crippen LogP contribution in [0.2, 0.25) is 0 Å². The highest BCUT2D eigenvalue weighted by Crippen LogP contribution is 2.08. The lowest BCUT2D eigenvalue weighted by molar-refractivity contribution is -0.128. The molecule has 0 N–H and O–H groups in total. The highest BCUT2D eigenvalue weighted by atomic mass is 16.2. The van der Waals surface area contributed by atoms with E-state index in [0.29, 0.717) is 12.0 Å². The molecule has 0 aromatic heterocycles. The van der Waals surface area contributed by atoms with Crippen LogP contribution in [0.1, 0.15) is 34.1 Å². The van der Waals surface area contributed by atoms with Crippen LogP contribution in [0, 0.1) is 5.92 Å². The fourth-order valence-electron chi connectivity index (χ4n) is 1.22. The van der Waals surface area contributed by atoms with Crippen LogP contribution in [-0.2, 0) is 4.79 Å². The van der Waals surface area contributed by atoms with E-state index in [1.165, 1.54) is 6.08 Å². The second-order valence-corrected chi connectivity index (χ2v) is 3.85. The third-order valence-electron chi connectivity index (χ3n) is 2.14. The molecule has 2 heteroatoms. The standard InChI is InChI=1S/C11H21NO/c1-6-10(5)12(8-9(3)4)11(13)7-2/h7,9-10H,2,6,8H2,1,3-5H3/t10-/m0/s1. The Morgan fingerprint density at radius 3 is 2.31 bits per heavy atom. The Kier molecular flexibility index (Phi) is 5.44. The van der Waals surface area contributed by atoms with Gasteiger partial charge >= 0.3 is 0 Å². The summed E-state index contributed by atoms with van der Waals surface area (Å²) < 4.78 is 0. The first-order valence-corrected chi connectivity index (χ1v) is 4.95. The average Bonchev–Trinajstić information content (AvgIpc) is 2.11. The Balaban J connectivity index is 4.35. The van der Waals surface area contributed by atoms with Crippen molar-refractivity contribution in [2.24, 2.45) is 5.92 Å². The van der Waals surface area contributed by atoms with Crippen molar-refractivity contribution in [3.8, 4) is 0 Å². The summed E-state index contributed by atoms with van der Waals surface area (Å²) in [5.41, 5.74) is 0. The number of rotatable bonds is 5. The van der Waals surface area contributed by atoms with E-state index in [1.54, 1.807) is 0 Å². The summed E-state index contributed by atoms with van der Waals surface area (Å²) in [7, 11) is 0. The Morgan fingerprint density at radius 1 is 1.46 bits per heavy atom. The van der Waals surface area contributed by atoms with Gasteiger partial charge in [-0.3, -0.25) is 4.79 Å². The van der Waals surface area contributed by atoms with Crippen LogP contribution in [0.5, 0.6) is 0 Å². The molecule has 0 rings (SSSR count). The molecule has 0 radical (unpaired) electrons. The molecule has 0 unspecified atom stereocenters. The molecule has 13 heavy (non-hydrogen) atoms. The number of nitrogens with zero attached hydrogens (tertiary/aromatic N) is 1. The van der Waals surface area contributed by atoms with Crippen molar-refractivity contribution < 1.29 is 4.79 Å². The number of amides is 1. The zero-order chi connectivity index (χ0) is 10.4. The lowest BCUT2D eigenvalue weighted by Crippen LogP contribution is -2.39. The monoisotopic (exact) mass is 183 g/mol. The second-order valence-electron chi connectivity index (χ2n) is 3.85. The molecule has 0 fully saturated rings. The molecule has 0 bridgehead atoms. The van der Waals surface area contributed by atoms with Crippen LogP contribution >= 0.6 is 0 Å². The van der Waals surface area contributed by atoms with Crippen molar-refractivity contribution in [1.29, 1.82) is 0 Å². The van der Waals surface area contributed by atoms with Gasteiger partial charge in [-0.2, -0.15) is 0 Å². The molecule has 0 aromatic rings. The van der Waals surface area contributed by atoms with Gasteiger partial charge in [0.2, 0.25) is 5.91 Å². The third-order valence-corrected chi connectivity index (χ3v) is 2.14. The fraction of sp³-hybridized carbons (Fsp3) is 0.727. The predicted octanol–water partition coefficient (Wildman–Crippen LogP) is 2.46. The zero-order valence-electron chi connectivity index (χ0n) is 9.21. The summed E-state index contributed by atoms with van der Waals surface area (Å²) >= 11 is 0. The highest BCUT2D eigenvalue weighted by Gasteiger charge is 2.16. The van der Waals surface area contributed by atoms with Gasteiger partial charge in [0.05, 0.1) is 0 Å². The maximum atomic E-state index is 11.5. The van der Waals surface area contributed by atoms with E-state index >= 15 is 0 Å².